The van der Waals surface area contributed by atoms with Crippen LogP contribution in [0.5, 0.6) is 0 Å². The fourth-order valence-electron chi connectivity index (χ4n) is 2.76. The fraction of sp³-hybridized carbons (Fsp3) is 0.714. The molecule has 1 aromatic heterocycles. The van der Waals surface area contributed by atoms with Gasteiger partial charge in [0.1, 0.15) is 0 Å². The third-order valence-corrected chi connectivity index (χ3v) is 5.04. The molecule has 1 heterocycles. The lowest BCUT2D eigenvalue weighted by molar-refractivity contribution is 0.437. The van der Waals surface area contributed by atoms with E-state index in [1.807, 2.05) is 0 Å². The molecule has 0 radical (unpaired) electrons. The SMILES string of the molecule is N#CC1(Cc2nc(C3CCCCC3)cs2)CC1. The van der Waals surface area contributed by atoms with Gasteiger partial charge in [0.05, 0.1) is 22.2 Å². The quantitative estimate of drug-likeness (QED) is 0.807. The van der Waals surface area contributed by atoms with Crippen LogP contribution in [0.15, 0.2) is 5.38 Å². The zero-order valence-electron chi connectivity index (χ0n) is 10.1. The summed E-state index contributed by atoms with van der Waals surface area (Å²) < 4.78 is 0. The van der Waals surface area contributed by atoms with Gasteiger partial charge in [-0.3, -0.25) is 0 Å². The van der Waals surface area contributed by atoms with Gasteiger partial charge >= 0.3 is 0 Å². The van der Waals surface area contributed by atoms with E-state index >= 15 is 0 Å². The Labute approximate surface area is 107 Å². The molecule has 0 saturated heterocycles. The monoisotopic (exact) mass is 246 g/mol. The summed E-state index contributed by atoms with van der Waals surface area (Å²) in [5.41, 5.74) is 1.26. The second-order valence-corrected chi connectivity index (χ2v) is 6.51. The highest BCUT2D eigenvalue weighted by molar-refractivity contribution is 7.09. The normalized spacial score (nSPS) is 23.2. The van der Waals surface area contributed by atoms with Crippen molar-refractivity contribution in [3.05, 3.63) is 16.1 Å². The Morgan fingerprint density at radius 1 is 1.35 bits per heavy atom. The van der Waals surface area contributed by atoms with Crippen molar-refractivity contribution in [3.8, 4) is 6.07 Å². The molecule has 2 aliphatic rings. The fourth-order valence-corrected chi connectivity index (χ4v) is 3.78. The van der Waals surface area contributed by atoms with Crippen molar-refractivity contribution >= 4 is 11.3 Å². The van der Waals surface area contributed by atoms with Crippen molar-refractivity contribution < 1.29 is 0 Å². The Hall–Kier alpha value is -0.880. The number of aromatic nitrogens is 1. The van der Waals surface area contributed by atoms with E-state index in [-0.39, 0.29) is 5.41 Å². The average molecular weight is 246 g/mol. The van der Waals surface area contributed by atoms with E-state index in [0.717, 1.165) is 19.3 Å². The van der Waals surface area contributed by atoms with E-state index in [9.17, 15) is 0 Å². The predicted octanol–water partition coefficient (Wildman–Crippen LogP) is 4.04. The standard InChI is InChI=1S/C14H18N2S/c15-10-14(6-7-14)8-13-16-12(9-17-13)11-4-2-1-3-5-11/h9,11H,1-8H2. The highest BCUT2D eigenvalue weighted by Crippen LogP contribution is 2.48. The zero-order chi connectivity index (χ0) is 11.7. The number of hydrogen-bond acceptors (Lipinski definition) is 3. The summed E-state index contributed by atoms with van der Waals surface area (Å²) >= 11 is 1.76. The molecule has 2 nitrogen and oxygen atoms in total. The van der Waals surface area contributed by atoms with Gasteiger partial charge < -0.3 is 0 Å². The van der Waals surface area contributed by atoms with E-state index in [1.54, 1.807) is 11.3 Å². The molecular formula is C14H18N2S. The number of thiazole rings is 1. The first-order chi connectivity index (χ1) is 8.31. The third kappa shape index (κ3) is 2.37. The van der Waals surface area contributed by atoms with Crippen LogP contribution in [0.25, 0.3) is 0 Å². The van der Waals surface area contributed by atoms with Crippen LogP contribution >= 0.6 is 11.3 Å². The molecule has 0 unspecified atom stereocenters. The number of hydrogen-bond donors (Lipinski definition) is 0. The van der Waals surface area contributed by atoms with Gasteiger partial charge in [-0.2, -0.15) is 5.26 Å². The van der Waals surface area contributed by atoms with Crippen molar-refractivity contribution in [2.24, 2.45) is 5.41 Å². The highest BCUT2D eigenvalue weighted by atomic mass is 32.1. The van der Waals surface area contributed by atoms with Crippen LogP contribution in [0, 0.1) is 16.7 Å². The van der Waals surface area contributed by atoms with Crippen LogP contribution in [0.1, 0.15) is 61.6 Å². The highest BCUT2D eigenvalue weighted by Gasteiger charge is 2.43. The maximum Gasteiger partial charge on any atom is 0.0944 e. The molecule has 0 bridgehead atoms. The largest absolute Gasteiger partial charge is 0.246 e. The summed E-state index contributed by atoms with van der Waals surface area (Å²) in [4.78, 5) is 4.77. The van der Waals surface area contributed by atoms with Crippen LogP contribution < -0.4 is 0 Å². The average Bonchev–Trinajstić information content (AvgIpc) is 3.00. The molecule has 0 aliphatic heterocycles. The van der Waals surface area contributed by atoms with Gasteiger partial charge in [0.2, 0.25) is 0 Å². The number of nitrogens with zero attached hydrogens (tertiary/aromatic N) is 2. The first kappa shape index (κ1) is 11.2. The first-order valence-electron chi connectivity index (χ1n) is 6.67. The summed E-state index contributed by atoms with van der Waals surface area (Å²) in [5.74, 6) is 0.700. The summed E-state index contributed by atoms with van der Waals surface area (Å²) in [6.45, 7) is 0. The van der Waals surface area contributed by atoms with Gasteiger partial charge in [-0.25, -0.2) is 4.98 Å². The molecule has 2 saturated carbocycles. The second-order valence-electron chi connectivity index (χ2n) is 5.57. The summed E-state index contributed by atoms with van der Waals surface area (Å²) in [6, 6.07) is 2.46. The van der Waals surface area contributed by atoms with Crippen LogP contribution in [-0.4, -0.2) is 4.98 Å². The van der Waals surface area contributed by atoms with Crippen LogP contribution in [-0.2, 0) is 6.42 Å². The lowest BCUT2D eigenvalue weighted by Gasteiger charge is -2.19. The smallest absolute Gasteiger partial charge is 0.0944 e. The van der Waals surface area contributed by atoms with Crippen LogP contribution in [0.4, 0.5) is 0 Å². The van der Waals surface area contributed by atoms with E-state index in [1.165, 1.54) is 42.8 Å². The Balaban J connectivity index is 1.68. The van der Waals surface area contributed by atoms with Gasteiger partial charge in [-0.05, 0) is 25.7 Å². The van der Waals surface area contributed by atoms with Crippen molar-refractivity contribution in [3.63, 3.8) is 0 Å². The molecule has 90 valence electrons. The molecule has 3 rings (SSSR count). The number of nitriles is 1. The predicted molar refractivity (Wildman–Crippen MR) is 68.9 cm³/mol. The summed E-state index contributed by atoms with van der Waals surface area (Å²) in [7, 11) is 0. The van der Waals surface area contributed by atoms with Gasteiger partial charge in [-0.1, -0.05) is 19.3 Å². The molecule has 17 heavy (non-hydrogen) atoms. The third-order valence-electron chi connectivity index (χ3n) is 4.17. The lowest BCUT2D eigenvalue weighted by Crippen LogP contribution is -2.06. The lowest BCUT2D eigenvalue weighted by atomic mass is 9.87. The van der Waals surface area contributed by atoms with E-state index in [0.29, 0.717) is 5.92 Å². The maximum absolute atomic E-state index is 9.10. The van der Waals surface area contributed by atoms with E-state index in [4.69, 9.17) is 10.2 Å². The van der Waals surface area contributed by atoms with Crippen LogP contribution in [0.3, 0.4) is 0 Å². The van der Waals surface area contributed by atoms with Crippen molar-refractivity contribution in [2.45, 2.75) is 57.3 Å². The molecule has 2 aliphatic carbocycles. The summed E-state index contributed by atoms with van der Waals surface area (Å²) in [5, 5.41) is 12.5. The zero-order valence-corrected chi connectivity index (χ0v) is 10.9. The Bertz CT molecular complexity index is 433. The molecule has 0 spiro atoms. The minimum atomic E-state index is -0.0400. The van der Waals surface area contributed by atoms with Crippen LogP contribution in [0.2, 0.25) is 0 Å². The van der Waals surface area contributed by atoms with Crippen molar-refractivity contribution in [1.82, 2.24) is 4.98 Å². The molecular weight excluding hydrogens is 228 g/mol. The number of rotatable bonds is 3. The molecule has 3 heteroatoms. The Morgan fingerprint density at radius 2 is 2.12 bits per heavy atom. The molecule has 0 aromatic carbocycles. The topological polar surface area (TPSA) is 36.7 Å². The maximum atomic E-state index is 9.10. The molecule has 0 amide bonds. The molecule has 0 N–H and O–H groups in total. The van der Waals surface area contributed by atoms with Gasteiger partial charge in [0.15, 0.2) is 0 Å². The van der Waals surface area contributed by atoms with Crippen molar-refractivity contribution in [1.29, 1.82) is 5.26 Å². The van der Waals surface area contributed by atoms with Gasteiger partial charge in [-0.15, -0.1) is 11.3 Å². The van der Waals surface area contributed by atoms with E-state index in [2.05, 4.69) is 11.4 Å². The van der Waals surface area contributed by atoms with Gasteiger partial charge in [0, 0.05) is 17.7 Å². The molecule has 1 aromatic rings. The first-order valence-corrected chi connectivity index (χ1v) is 7.55. The minimum Gasteiger partial charge on any atom is -0.246 e. The Kier molecular flexibility index (Phi) is 2.92. The van der Waals surface area contributed by atoms with E-state index < -0.39 is 0 Å². The minimum absolute atomic E-state index is 0.0400. The van der Waals surface area contributed by atoms with Crippen molar-refractivity contribution in [2.75, 3.05) is 0 Å². The Morgan fingerprint density at radius 3 is 2.76 bits per heavy atom. The molecule has 0 atom stereocenters. The summed E-state index contributed by atoms with van der Waals surface area (Å²) in [6.07, 6.45) is 9.77. The van der Waals surface area contributed by atoms with Gasteiger partial charge in [0.25, 0.3) is 0 Å². The molecule has 2 fully saturated rings. The second kappa shape index (κ2) is 4.42.